The first kappa shape index (κ1) is 16.2. The molecule has 0 aliphatic rings. The van der Waals surface area contributed by atoms with Crippen molar-refractivity contribution in [3.8, 4) is 16.3 Å². The molecule has 1 heterocycles. The van der Waals surface area contributed by atoms with E-state index in [9.17, 15) is 9.90 Å². The van der Waals surface area contributed by atoms with Crippen molar-refractivity contribution in [1.29, 1.82) is 0 Å². The van der Waals surface area contributed by atoms with E-state index in [0.717, 1.165) is 22.7 Å². The number of benzene rings is 1. The molecular formula is C15H19N3O3S. The van der Waals surface area contributed by atoms with Gasteiger partial charge in [-0.25, -0.2) is 4.79 Å². The van der Waals surface area contributed by atoms with Gasteiger partial charge in [-0.1, -0.05) is 31.6 Å². The summed E-state index contributed by atoms with van der Waals surface area (Å²) in [7, 11) is 1.61. The fraction of sp³-hybridized carbons (Fsp3) is 0.400. The van der Waals surface area contributed by atoms with E-state index in [4.69, 9.17) is 4.74 Å². The molecule has 2 N–H and O–H groups in total. The number of anilines is 1. The molecule has 0 unspecified atom stereocenters. The number of carbonyl (C=O) groups is 1. The molecule has 0 radical (unpaired) electrons. The molecule has 22 heavy (non-hydrogen) atoms. The van der Waals surface area contributed by atoms with Gasteiger partial charge in [-0.2, -0.15) is 0 Å². The first-order valence-electron chi connectivity index (χ1n) is 7.02. The van der Waals surface area contributed by atoms with E-state index in [2.05, 4.69) is 15.5 Å². The van der Waals surface area contributed by atoms with Crippen LogP contribution in [0.2, 0.25) is 0 Å². The van der Waals surface area contributed by atoms with Crippen LogP contribution < -0.4 is 10.1 Å². The van der Waals surface area contributed by atoms with Crippen LogP contribution in [0.25, 0.3) is 10.6 Å². The van der Waals surface area contributed by atoms with E-state index in [-0.39, 0.29) is 5.92 Å². The molecule has 0 saturated carbocycles. The van der Waals surface area contributed by atoms with Crippen LogP contribution in [0.1, 0.15) is 20.3 Å². The number of methoxy groups -OCH3 is 1. The Morgan fingerprint density at radius 2 is 2.05 bits per heavy atom. The van der Waals surface area contributed by atoms with E-state index >= 15 is 0 Å². The maximum Gasteiger partial charge on any atom is 0.326 e. The van der Waals surface area contributed by atoms with Crippen LogP contribution in [-0.2, 0) is 4.79 Å². The highest BCUT2D eigenvalue weighted by atomic mass is 32.1. The molecule has 6 nitrogen and oxygen atoms in total. The fourth-order valence-electron chi connectivity index (χ4n) is 1.95. The molecule has 2 aromatic rings. The lowest BCUT2D eigenvalue weighted by Crippen LogP contribution is -2.35. The highest BCUT2D eigenvalue weighted by Crippen LogP contribution is 2.28. The van der Waals surface area contributed by atoms with Crippen molar-refractivity contribution in [2.24, 2.45) is 5.92 Å². The second kappa shape index (κ2) is 7.22. The topological polar surface area (TPSA) is 84.3 Å². The van der Waals surface area contributed by atoms with Gasteiger partial charge in [-0.3, -0.25) is 0 Å². The Hall–Kier alpha value is -2.15. The molecule has 0 amide bonds. The summed E-state index contributed by atoms with van der Waals surface area (Å²) in [5.41, 5.74) is 0.918. The summed E-state index contributed by atoms with van der Waals surface area (Å²) in [6.07, 6.45) is 0.772. The summed E-state index contributed by atoms with van der Waals surface area (Å²) < 4.78 is 5.12. The quantitative estimate of drug-likeness (QED) is 0.815. The molecule has 0 saturated heterocycles. The normalized spacial score (nSPS) is 13.4. The maximum absolute atomic E-state index is 11.3. The molecule has 1 aromatic heterocycles. The van der Waals surface area contributed by atoms with E-state index in [1.54, 1.807) is 7.11 Å². The average Bonchev–Trinajstić information content (AvgIpc) is 3.00. The van der Waals surface area contributed by atoms with Gasteiger partial charge in [0.25, 0.3) is 0 Å². The van der Waals surface area contributed by atoms with Crippen LogP contribution >= 0.6 is 11.3 Å². The smallest absolute Gasteiger partial charge is 0.326 e. The van der Waals surface area contributed by atoms with E-state index in [1.807, 2.05) is 38.1 Å². The molecule has 0 spiro atoms. The Kier molecular flexibility index (Phi) is 5.32. The van der Waals surface area contributed by atoms with Crippen molar-refractivity contribution < 1.29 is 14.6 Å². The van der Waals surface area contributed by atoms with Crippen LogP contribution in [0, 0.1) is 5.92 Å². The zero-order valence-electron chi connectivity index (χ0n) is 12.7. The summed E-state index contributed by atoms with van der Waals surface area (Å²) in [6, 6.07) is 6.83. The van der Waals surface area contributed by atoms with Gasteiger partial charge in [0.05, 0.1) is 7.11 Å². The number of carboxylic acid groups (broad SMARTS) is 1. The first-order chi connectivity index (χ1) is 10.5. The molecule has 7 heteroatoms. The van der Waals surface area contributed by atoms with Crippen molar-refractivity contribution in [2.45, 2.75) is 26.3 Å². The number of hydrogen-bond donors (Lipinski definition) is 2. The minimum atomic E-state index is -0.879. The fourth-order valence-corrected chi connectivity index (χ4v) is 2.73. The molecule has 0 aliphatic heterocycles. The molecule has 1 aromatic carbocycles. The number of aliphatic carboxylic acids is 1. The van der Waals surface area contributed by atoms with Crippen LogP contribution in [0.15, 0.2) is 24.3 Å². The number of rotatable bonds is 7. The number of hydrogen-bond acceptors (Lipinski definition) is 6. The second-order valence-corrected chi connectivity index (χ2v) is 5.96. The van der Waals surface area contributed by atoms with Crippen LogP contribution in [0.3, 0.4) is 0 Å². The predicted octanol–water partition coefficient (Wildman–Crippen LogP) is 3.12. The Bertz CT molecular complexity index is 627. The van der Waals surface area contributed by atoms with Crippen molar-refractivity contribution >= 4 is 22.4 Å². The molecule has 0 fully saturated rings. The molecule has 0 aliphatic carbocycles. The van der Waals surface area contributed by atoms with Gasteiger partial charge in [0.1, 0.15) is 16.8 Å². The third-order valence-corrected chi connectivity index (χ3v) is 4.42. The number of ether oxygens (including phenoxy) is 1. The van der Waals surface area contributed by atoms with Crippen LogP contribution in [-0.4, -0.2) is 34.4 Å². The van der Waals surface area contributed by atoms with Gasteiger partial charge in [0, 0.05) is 5.56 Å². The average molecular weight is 321 g/mol. The standard InChI is InChI=1S/C15H19N3O3S/c1-4-9(2)12(14(19)20)16-15-18-17-13(22-15)10-5-7-11(21-3)8-6-10/h5-9,12H,4H2,1-3H3,(H,16,18)(H,19,20)/t9-,12-/m0/s1. The molecule has 0 bridgehead atoms. The third kappa shape index (κ3) is 3.73. The lowest BCUT2D eigenvalue weighted by molar-refractivity contribution is -0.139. The van der Waals surface area contributed by atoms with Gasteiger partial charge in [-0.15, -0.1) is 10.2 Å². The third-order valence-electron chi connectivity index (χ3n) is 3.52. The second-order valence-electron chi connectivity index (χ2n) is 4.99. The van der Waals surface area contributed by atoms with Gasteiger partial charge < -0.3 is 15.2 Å². The monoisotopic (exact) mass is 321 g/mol. The van der Waals surface area contributed by atoms with Crippen LogP contribution in [0.5, 0.6) is 5.75 Å². The van der Waals surface area contributed by atoms with E-state index in [0.29, 0.717) is 5.13 Å². The molecule has 2 rings (SSSR count). The van der Waals surface area contributed by atoms with Gasteiger partial charge in [0.15, 0.2) is 0 Å². The van der Waals surface area contributed by atoms with Crippen molar-refractivity contribution in [3.05, 3.63) is 24.3 Å². The van der Waals surface area contributed by atoms with Gasteiger partial charge in [-0.05, 0) is 30.2 Å². The van der Waals surface area contributed by atoms with Crippen molar-refractivity contribution in [2.75, 3.05) is 12.4 Å². The molecule has 2 atom stereocenters. The number of nitrogens with zero attached hydrogens (tertiary/aromatic N) is 2. The van der Waals surface area contributed by atoms with E-state index < -0.39 is 12.0 Å². The Labute approximate surface area is 133 Å². The Morgan fingerprint density at radius 3 is 2.59 bits per heavy atom. The highest BCUT2D eigenvalue weighted by Gasteiger charge is 2.24. The minimum Gasteiger partial charge on any atom is -0.497 e. The lowest BCUT2D eigenvalue weighted by Gasteiger charge is -2.18. The van der Waals surface area contributed by atoms with Gasteiger partial charge in [0.2, 0.25) is 5.13 Å². The Morgan fingerprint density at radius 1 is 1.36 bits per heavy atom. The summed E-state index contributed by atoms with van der Waals surface area (Å²) in [5, 5.41) is 21.7. The maximum atomic E-state index is 11.3. The molecule has 118 valence electrons. The highest BCUT2D eigenvalue weighted by molar-refractivity contribution is 7.18. The zero-order valence-corrected chi connectivity index (χ0v) is 13.6. The largest absolute Gasteiger partial charge is 0.497 e. The summed E-state index contributed by atoms with van der Waals surface area (Å²) in [4.78, 5) is 11.3. The van der Waals surface area contributed by atoms with E-state index in [1.165, 1.54) is 11.3 Å². The van der Waals surface area contributed by atoms with Crippen molar-refractivity contribution in [1.82, 2.24) is 10.2 Å². The van der Waals surface area contributed by atoms with Crippen LogP contribution in [0.4, 0.5) is 5.13 Å². The number of nitrogens with one attached hydrogen (secondary N) is 1. The predicted molar refractivity (Wildman–Crippen MR) is 86.4 cm³/mol. The molecular weight excluding hydrogens is 302 g/mol. The summed E-state index contributed by atoms with van der Waals surface area (Å²) in [6.45, 7) is 3.86. The van der Waals surface area contributed by atoms with Gasteiger partial charge >= 0.3 is 5.97 Å². The Balaban J connectivity index is 2.14. The zero-order chi connectivity index (χ0) is 16.1. The first-order valence-corrected chi connectivity index (χ1v) is 7.84. The number of aromatic nitrogens is 2. The summed E-state index contributed by atoms with van der Waals surface area (Å²) >= 11 is 1.34. The summed E-state index contributed by atoms with van der Waals surface area (Å²) in [5.74, 6) is -0.101. The number of carboxylic acids is 1. The minimum absolute atomic E-state index is 0.00540. The SMILES string of the molecule is CC[C@H](C)[C@H](Nc1nnc(-c2ccc(OC)cc2)s1)C(=O)O. The lowest BCUT2D eigenvalue weighted by atomic mass is 10.00. The van der Waals surface area contributed by atoms with Crippen molar-refractivity contribution in [3.63, 3.8) is 0 Å².